The Kier molecular flexibility index (Phi) is 6.76. The van der Waals surface area contributed by atoms with Gasteiger partial charge >= 0.3 is 5.97 Å². The molecule has 1 fully saturated rings. The van der Waals surface area contributed by atoms with E-state index in [9.17, 15) is 9.59 Å². The van der Waals surface area contributed by atoms with E-state index in [0.29, 0.717) is 37.0 Å². The minimum atomic E-state index is -0.564. The minimum absolute atomic E-state index is 0.206. The van der Waals surface area contributed by atoms with Gasteiger partial charge in [0.2, 0.25) is 0 Å². The largest absolute Gasteiger partial charge is 0.482 e. The molecule has 1 aliphatic heterocycles. The zero-order valence-corrected chi connectivity index (χ0v) is 16.5. The molecule has 0 aromatic heterocycles. The Balaban J connectivity index is 1.40. The number of carbonyl (C=O) groups is 2. The Morgan fingerprint density at radius 1 is 0.964 bits per heavy atom. The van der Waals surface area contributed by atoms with Crippen LogP contribution in [-0.4, -0.2) is 56.2 Å². The van der Waals surface area contributed by atoms with Crippen molar-refractivity contribution in [3.63, 3.8) is 0 Å². The second kappa shape index (κ2) is 9.46. The molecular weight excluding hydrogens is 380 g/mol. The van der Waals surface area contributed by atoms with Gasteiger partial charge < -0.3 is 19.3 Å². The molecule has 148 valence electrons. The molecule has 1 aliphatic rings. The average Bonchev–Trinajstić information content (AvgIpc) is 2.72. The molecule has 2 aromatic rings. The monoisotopic (exact) mass is 402 g/mol. The quantitative estimate of drug-likeness (QED) is 0.695. The Hall–Kier alpha value is -2.73. The highest BCUT2D eigenvalue weighted by atomic mass is 35.5. The first kappa shape index (κ1) is 20.0. The number of aryl methyl sites for hydroxylation is 1. The van der Waals surface area contributed by atoms with Gasteiger partial charge in [0, 0.05) is 26.2 Å². The summed E-state index contributed by atoms with van der Waals surface area (Å²) in [5.74, 6) is -0.143. The fourth-order valence-electron chi connectivity index (χ4n) is 3.04. The van der Waals surface area contributed by atoms with E-state index < -0.39 is 5.97 Å². The number of halogens is 1. The summed E-state index contributed by atoms with van der Waals surface area (Å²) in [6, 6.07) is 15.1. The maximum absolute atomic E-state index is 12.3. The molecule has 0 atom stereocenters. The summed E-state index contributed by atoms with van der Waals surface area (Å²) >= 11 is 6.23. The highest BCUT2D eigenvalue weighted by Gasteiger charge is 2.23. The normalized spacial score (nSPS) is 13.9. The molecule has 0 radical (unpaired) electrons. The van der Waals surface area contributed by atoms with Crippen LogP contribution >= 0.6 is 11.6 Å². The lowest BCUT2D eigenvalue weighted by Gasteiger charge is -2.36. The van der Waals surface area contributed by atoms with Gasteiger partial charge in [0.15, 0.2) is 13.2 Å². The van der Waals surface area contributed by atoms with Gasteiger partial charge in [0.1, 0.15) is 5.75 Å². The number of nitrogens with zero attached hydrogens (tertiary/aromatic N) is 2. The second-order valence-corrected chi connectivity index (χ2v) is 6.94. The summed E-state index contributed by atoms with van der Waals surface area (Å²) < 4.78 is 10.5. The number of rotatable bonds is 6. The maximum atomic E-state index is 12.3. The highest BCUT2D eigenvalue weighted by Crippen LogP contribution is 2.26. The average molecular weight is 403 g/mol. The van der Waals surface area contributed by atoms with Crippen molar-refractivity contribution in [2.24, 2.45) is 0 Å². The summed E-state index contributed by atoms with van der Waals surface area (Å²) in [5, 5.41) is 0.699. The van der Waals surface area contributed by atoms with Gasteiger partial charge in [-0.1, -0.05) is 41.9 Å². The van der Waals surface area contributed by atoms with Crippen molar-refractivity contribution in [3.8, 4) is 5.75 Å². The zero-order valence-electron chi connectivity index (χ0n) is 15.8. The Morgan fingerprint density at radius 2 is 1.64 bits per heavy atom. The van der Waals surface area contributed by atoms with Crippen LogP contribution in [-0.2, 0) is 14.3 Å². The van der Waals surface area contributed by atoms with Crippen LogP contribution < -0.4 is 9.64 Å². The molecule has 3 rings (SSSR count). The highest BCUT2D eigenvalue weighted by molar-refractivity contribution is 6.33. The number of piperazine rings is 1. The number of ether oxygens (including phenoxy) is 2. The Morgan fingerprint density at radius 3 is 2.36 bits per heavy atom. The van der Waals surface area contributed by atoms with Crippen molar-refractivity contribution >= 4 is 29.2 Å². The van der Waals surface area contributed by atoms with E-state index in [-0.39, 0.29) is 19.1 Å². The molecular formula is C21H23ClN2O4. The van der Waals surface area contributed by atoms with Crippen LogP contribution in [0.2, 0.25) is 5.02 Å². The summed E-state index contributed by atoms with van der Waals surface area (Å²) in [6.45, 7) is 3.87. The zero-order chi connectivity index (χ0) is 19.9. The fourth-order valence-corrected chi connectivity index (χ4v) is 3.29. The van der Waals surface area contributed by atoms with Gasteiger partial charge in [-0.15, -0.1) is 0 Å². The van der Waals surface area contributed by atoms with Crippen LogP contribution in [0.25, 0.3) is 0 Å². The van der Waals surface area contributed by atoms with Crippen molar-refractivity contribution < 1.29 is 19.1 Å². The van der Waals surface area contributed by atoms with Gasteiger partial charge in [0.05, 0.1) is 10.7 Å². The first-order chi connectivity index (χ1) is 13.5. The van der Waals surface area contributed by atoms with Crippen LogP contribution in [0.1, 0.15) is 5.56 Å². The molecule has 7 heteroatoms. The van der Waals surface area contributed by atoms with Crippen molar-refractivity contribution in [2.75, 3.05) is 44.3 Å². The van der Waals surface area contributed by atoms with Crippen LogP contribution in [0.4, 0.5) is 5.69 Å². The van der Waals surface area contributed by atoms with Crippen molar-refractivity contribution in [2.45, 2.75) is 6.92 Å². The molecule has 0 spiro atoms. The molecule has 1 amide bonds. The van der Waals surface area contributed by atoms with E-state index in [1.165, 1.54) is 0 Å². The Labute approximate surface area is 169 Å². The third-order valence-electron chi connectivity index (χ3n) is 4.62. The lowest BCUT2D eigenvalue weighted by atomic mass is 10.2. The number of anilines is 1. The number of hydrogen-bond donors (Lipinski definition) is 0. The second-order valence-electron chi connectivity index (χ2n) is 6.53. The number of benzene rings is 2. The van der Waals surface area contributed by atoms with E-state index in [2.05, 4.69) is 4.90 Å². The van der Waals surface area contributed by atoms with Gasteiger partial charge in [-0.2, -0.15) is 0 Å². The smallest absolute Gasteiger partial charge is 0.344 e. The van der Waals surface area contributed by atoms with Gasteiger partial charge in [0.25, 0.3) is 5.91 Å². The summed E-state index contributed by atoms with van der Waals surface area (Å²) in [4.78, 5) is 28.0. The molecule has 28 heavy (non-hydrogen) atoms. The van der Waals surface area contributed by atoms with Gasteiger partial charge in [-0.05, 0) is 30.7 Å². The number of amides is 1. The predicted molar refractivity (Wildman–Crippen MR) is 108 cm³/mol. The van der Waals surface area contributed by atoms with Crippen LogP contribution in [0.15, 0.2) is 48.5 Å². The van der Waals surface area contributed by atoms with Crippen LogP contribution in [0.5, 0.6) is 5.75 Å². The maximum Gasteiger partial charge on any atom is 0.344 e. The number of para-hydroxylation sites is 2. The van der Waals surface area contributed by atoms with E-state index >= 15 is 0 Å². The molecule has 1 saturated heterocycles. The van der Waals surface area contributed by atoms with Crippen LogP contribution in [0, 0.1) is 6.92 Å². The summed E-state index contributed by atoms with van der Waals surface area (Å²) in [5.41, 5.74) is 1.90. The molecule has 0 unspecified atom stereocenters. The first-order valence-corrected chi connectivity index (χ1v) is 9.53. The van der Waals surface area contributed by atoms with Crippen molar-refractivity contribution in [1.82, 2.24) is 4.90 Å². The molecule has 1 heterocycles. The molecule has 0 bridgehead atoms. The first-order valence-electron chi connectivity index (χ1n) is 9.16. The van der Waals surface area contributed by atoms with Gasteiger partial charge in [-0.25, -0.2) is 4.79 Å². The SMILES string of the molecule is Cc1ccccc1OCC(=O)OCC(=O)N1CCN(c2ccccc2Cl)CC1. The van der Waals surface area contributed by atoms with Gasteiger partial charge in [-0.3, -0.25) is 4.79 Å². The number of esters is 1. The predicted octanol–water partition coefficient (Wildman–Crippen LogP) is 2.92. The van der Waals surface area contributed by atoms with Crippen LogP contribution in [0.3, 0.4) is 0 Å². The van der Waals surface area contributed by atoms with E-state index in [0.717, 1.165) is 11.3 Å². The summed E-state index contributed by atoms with van der Waals surface area (Å²) in [6.07, 6.45) is 0. The third kappa shape index (κ3) is 5.16. The van der Waals surface area contributed by atoms with E-state index in [1.54, 1.807) is 11.0 Å². The standard InChI is InChI=1S/C21H23ClN2O4/c1-16-6-2-5-9-19(16)27-15-21(26)28-14-20(25)24-12-10-23(11-13-24)18-8-4-3-7-17(18)22/h2-9H,10-15H2,1H3. The molecule has 0 saturated carbocycles. The molecule has 0 N–H and O–H groups in total. The third-order valence-corrected chi connectivity index (χ3v) is 4.94. The lowest BCUT2D eigenvalue weighted by molar-refractivity contribution is -0.153. The lowest BCUT2D eigenvalue weighted by Crippen LogP contribution is -2.50. The fraction of sp³-hybridized carbons (Fsp3) is 0.333. The minimum Gasteiger partial charge on any atom is -0.482 e. The topological polar surface area (TPSA) is 59.1 Å². The summed E-state index contributed by atoms with van der Waals surface area (Å²) in [7, 11) is 0. The van der Waals surface area contributed by atoms with Crippen molar-refractivity contribution in [3.05, 3.63) is 59.1 Å². The molecule has 0 aliphatic carbocycles. The van der Waals surface area contributed by atoms with E-state index in [1.807, 2.05) is 49.4 Å². The molecule has 2 aromatic carbocycles. The number of carbonyl (C=O) groups excluding carboxylic acids is 2. The van der Waals surface area contributed by atoms with E-state index in [4.69, 9.17) is 21.1 Å². The van der Waals surface area contributed by atoms with Crippen molar-refractivity contribution in [1.29, 1.82) is 0 Å². The Bertz CT molecular complexity index is 835. The molecule has 6 nitrogen and oxygen atoms in total. The number of hydrogen-bond acceptors (Lipinski definition) is 5.